The van der Waals surface area contributed by atoms with Gasteiger partial charge >= 0.3 is 0 Å². The van der Waals surface area contributed by atoms with E-state index in [1.54, 1.807) is 25.1 Å². The second kappa shape index (κ2) is 12.6. The third kappa shape index (κ3) is 6.00. The Morgan fingerprint density at radius 1 is 0.909 bits per heavy atom. The van der Waals surface area contributed by atoms with E-state index < -0.39 is 66.1 Å². The fraction of sp³-hybridized carbons (Fsp3) is 0.161. The monoisotopic (exact) mass is 607 g/mol. The lowest BCUT2D eigenvalue weighted by atomic mass is 10.0. The highest BCUT2D eigenvalue weighted by molar-refractivity contribution is 5.96. The van der Waals surface area contributed by atoms with Gasteiger partial charge in [-0.15, -0.1) is 0 Å². The fourth-order valence-electron chi connectivity index (χ4n) is 4.65. The van der Waals surface area contributed by atoms with Gasteiger partial charge in [-0.3, -0.25) is 14.2 Å². The summed E-state index contributed by atoms with van der Waals surface area (Å²) in [6.07, 6.45) is -0.443. The average molecular weight is 608 g/mol. The van der Waals surface area contributed by atoms with Gasteiger partial charge in [-0.2, -0.15) is 4.98 Å². The number of fused-ring (bicyclic) bond motifs is 1. The number of aromatic nitrogens is 3. The number of carbonyl (C=O) groups excluding carboxylic acids is 1. The van der Waals surface area contributed by atoms with Gasteiger partial charge < -0.3 is 20.8 Å². The van der Waals surface area contributed by atoms with Crippen LogP contribution in [0.25, 0.3) is 28.0 Å². The number of nitrogens with one attached hydrogen (secondary N) is 2. The molecule has 0 atom stereocenters. The molecule has 0 saturated carbocycles. The Kier molecular flexibility index (Phi) is 8.69. The molecule has 0 saturated heterocycles. The van der Waals surface area contributed by atoms with Crippen molar-refractivity contribution in [3.8, 4) is 16.9 Å². The van der Waals surface area contributed by atoms with Crippen LogP contribution in [0.15, 0.2) is 71.5 Å². The van der Waals surface area contributed by atoms with Crippen LogP contribution >= 0.6 is 0 Å². The highest BCUT2D eigenvalue weighted by Crippen LogP contribution is 2.33. The number of rotatable bonds is 9. The van der Waals surface area contributed by atoms with Gasteiger partial charge in [-0.25, -0.2) is 22.5 Å². The van der Waals surface area contributed by atoms with Crippen LogP contribution in [0.3, 0.4) is 0 Å². The molecule has 3 aromatic carbocycles. The molecule has 2 aromatic heterocycles. The minimum absolute atomic E-state index is 0.131. The fourth-order valence-corrected chi connectivity index (χ4v) is 4.65. The summed E-state index contributed by atoms with van der Waals surface area (Å²) in [7, 11) is 0. The maximum Gasteiger partial charge on any atom is 0.256 e. The Morgan fingerprint density at radius 2 is 1.59 bits per heavy atom. The molecule has 0 unspecified atom stereocenters. The van der Waals surface area contributed by atoms with Crippen LogP contribution in [0.1, 0.15) is 11.1 Å². The second-order valence-corrected chi connectivity index (χ2v) is 9.88. The van der Waals surface area contributed by atoms with Crippen LogP contribution in [-0.4, -0.2) is 49.9 Å². The summed E-state index contributed by atoms with van der Waals surface area (Å²) in [5.41, 5.74) is -0.262. The summed E-state index contributed by atoms with van der Waals surface area (Å²) < 4.78 is 58.3. The predicted molar refractivity (Wildman–Crippen MR) is 155 cm³/mol. The highest BCUT2D eigenvalue weighted by Gasteiger charge is 2.22. The zero-order valence-electron chi connectivity index (χ0n) is 23.1. The summed E-state index contributed by atoms with van der Waals surface area (Å²) in [6, 6.07) is 13.0. The number of para-hydroxylation sites is 1. The van der Waals surface area contributed by atoms with Gasteiger partial charge in [0.25, 0.3) is 5.56 Å². The summed E-state index contributed by atoms with van der Waals surface area (Å²) >= 11 is 0. The third-order valence-electron chi connectivity index (χ3n) is 6.84. The van der Waals surface area contributed by atoms with E-state index in [9.17, 15) is 37.4 Å². The molecule has 0 radical (unpaired) electrons. The molecule has 0 aliphatic carbocycles. The number of pyridine rings is 1. The first kappa shape index (κ1) is 30.3. The minimum Gasteiger partial charge on any atom is -0.394 e. The number of halogens is 4. The molecule has 5 rings (SSSR count). The van der Waals surface area contributed by atoms with Gasteiger partial charge in [-0.05, 0) is 48.9 Å². The Balaban J connectivity index is 1.66. The van der Waals surface area contributed by atoms with E-state index in [1.807, 2.05) is 0 Å². The maximum absolute atomic E-state index is 14.9. The quantitative estimate of drug-likeness (QED) is 0.184. The summed E-state index contributed by atoms with van der Waals surface area (Å²) in [5.74, 6) is -5.04. The molecule has 0 aliphatic heterocycles. The van der Waals surface area contributed by atoms with Gasteiger partial charge in [0.05, 0.1) is 31.4 Å². The van der Waals surface area contributed by atoms with Gasteiger partial charge in [0.15, 0.2) is 17.3 Å². The third-order valence-corrected chi connectivity index (χ3v) is 6.84. The number of aryl methyl sites for hydroxylation is 1. The van der Waals surface area contributed by atoms with E-state index in [1.165, 1.54) is 18.2 Å². The van der Waals surface area contributed by atoms with Crippen molar-refractivity contribution in [2.45, 2.75) is 19.4 Å². The van der Waals surface area contributed by atoms with E-state index in [4.69, 9.17) is 0 Å². The normalized spacial score (nSPS) is 11.3. The number of nitrogens with zero attached hydrogens (tertiary/aromatic N) is 3. The highest BCUT2D eigenvalue weighted by atomic mass is 19.2. The average Bonchev–Trinajstić information content (AvgIpc) is 2.99. The SMILES string of the molecule is Cc1ccc(NC(=O)Cc2cccc(F)c2F)cc1-c1nc(NC(CO)CO)nc2c1ccc(=O)n2-c1c(F)cccc1F. The van der Waals surface area contributed by atoms with Crippen molar-refractivity contribution in [2.75, 3.05) is 23.8 Å². The van der Waals surface area contributed by atoms with Crippen LogP contribution in [0.5, 0.6) is 0 Å². The number of carbonyl (C=O) groups is 1. The first-order chi connectivity index (χ1) is 21.1. The molecule has 4 N–H and O–H groups in total. The largest absolute Gasteiger partial charge is 0.394 e. The van der Waals surface area contributed by atoms with E-state index in [-0.39, 0.29) is 33.9 Å². The number of aliphatic hydroxyl groups excluding tert-OH is 2. The lowest BCUT2D eigenvalue weighted by Gasteiger charge is -2.18. The lowest BCUT2D eigenvalue weighted by Crippen LogP contribution is -2.29. The van der Waals surface area contributed by atoms with Crippen molar-refractivity contribution in [2.24, 2.45) is 0 Å². The molecule has 0 bridgehead atoms. The minimum atomic E-state index is -1.12. The number of anilines is 2. The molecule has 13 heteroatoms. The lowest BCUT2D eigenvalue weighted by molar-refractivity contribution is -0.115. The van der Waals surface area contributed by atoms with E-state index >= 15 is 0 Å². The number of amides is 1. The van der Waals surface area contributed by atoms with Gasteiger partial charge in [-0.1, -0.05) is 24.3 Å². The Labute approximate surface area is 247 Å². The number of benzene rings is 3. The zero-order chi connectivity index (χ0) is 31.5. The smallest absolute Gasteiger partial charge is 0.256 e. The molecule has 2 heterocycles. The molecule has 9 nitrogen and oxygen atoms in total. The van der Waals surface area contributed by atoms with Gasteiger partial charge in [0.1, 0.15) is 17.3 Å². The molecular weight excluding hydrogens is 582 g/mol. The molecule has 226 valence electrons. The van der Waals surface area contributed by atoms with Crippen LogP contribution in [0.2, 0.25) is 0 Å². The van der Waals surface area contributed by atoms with Gasteiger partial charge in [0, 0.05) is 28.3 Å². The van der Waals surface area contributed by atoms with Crippen LogP contribution in [0, 0.1) is 30.2 Å². The molecule has 1 amide bonds. The molecule has 44 heavy (non-hydrogen) atoms. The van der Waals surface area contributed by atoms with Crippen molar-refractivity contribution in [1.29, 1.82) is 0 Å². The number of hydrogen-bond acceptors (Lipinski definition) is 7. The van der Waals surface area contributed by atoms with Crippen molar-refractivity contribution in [3.05, 3.63) is 111 Å². The summed E-state index contributed by atoms with van der Waals surface area (Å²) in [4.78, 5) is 34.6. The van der Waals surface area contributed by atoms with E-state index in [0.29, 0.717) is 11.1 Å². The molecule has 0 aliphatic rings. The Hall–Kier alpha value is -5.14. The van der Waals surface area contributed by atoms with E-state index in [0.717, 1.165) is 34.9 Å². The predicted octanol–water partition coefficient (Wildman–Crippen LogP) is 4.26. The van der Waals surface area contributed by atoms with Crippen molar-refractivity contribution >= 4 is 28.6 Å². The van der Waals surface area contributed by atoms with Crippen molar-refractivity contribution in [3.63, 3.8) is 0 Å². The number of aliphatic hydroxyl groups is 2. The Morgan fingerprint density at radius 3 is 2.30 bits per heavy atom. The first-order valence-corrected chi connectivity index (χ1v) is 13.3. The molecule has 0 spiro atoms. The topological polar surface area (TPSA) is 129 Å². The Bertz CT molecular complexity index is 1930. The maximum atomic E-state index is 14.9. The standard InChI is InChI=1S/C31H25F4N5O4/c1-16-8-9-18(36-25(43)12-17-4-2-5-22(32)27(17)35)13-21(16)28-20-10-11-26(44)40(29-23(33)6-3-7-24(29)34)30(20)39-31(38-28)37-19(14-41)15-42/h2-11,13,19,41-42H,12,14-15H2,1H3,(H,36,43)(H,37,38,39). The zero-order valence-corrected chi connectivity index (χ0v) is 23.1. The van der Waals surface area contributed by atoms with Crippen molar-refractivity contribution in [1.82, 2.24) is 14.5 Å². The van der Waals surface area contributed by atoms with Crippen LogP contribution in [-0.2, 0) is 11.2 Å². The molecule has 5 aromatic rings. The molecular formula is C31H25F4N5O4. The molecule has 0 fully saturated rings. The van der Waals surface area contributed by atoms with Crippen LogP contribution < -0.4 is 16.2 Å². The summed E-state index contributed by atoms with van der Waals surface area (Å²) in [6.45, 7) is 0.716. The second-order valence-electron chi connectivity index (χ2n) is 9.88. The van der Waals surface area contributed by atoms with Crippen LogP contribution in [0.4, 0.5) is 29.2 Å². The van der Waals surface area contributed by atoms with E-state index in [2.05, 4.69) is 20.6 Å². The number of hydrogen-bond donors (Lipinski definition) is 4. The van der Waals surface area contributed by atoms with Crippen molar-refractivity contribution < 1.29 is 32.6 Å². The summed E-state index contributed by atoms with van der Waals surface area (Å²) in [5, 5.41) is 24.8. The first-order valence-electron chi connectivity index (χ1n) is 13.3. The van der Waals surface area contributed by atoms with Gasteiger partial charge in [0.2, 0.25) is 11.9 Å².